The lowest BCUT2D eigenvalue weighted by molar-refractivity contribution is 0.528. The molecule has 0 aliphatic heterocycles. The lowest BCUT2D eigenvalue weighted by Crippen LogP contribution is -2.17. The van der Waals surface area contributed by atoms with Crippen molar-refractivity contribution in [2.75, 3.05) is 6.54 Å². The fourth-order valence-electron chi connectivity index (χ4n) is 1.49. The molecule has 2 aromatic heterocycles. The van der Waals surface area contributed by atoms with Crippen LogP contribution in [-0.4, -0.2) is 31.5 Å². The van der Waals surface area contributed by atoms with Crippen LogP contribution >= 0.6 is 0 Å². The van der Waals surface area contributed by atoms with Crippen LogP contribution in [0, 0.1) is 6.92 Å². The third-order valence-electron chi connectivity index (χ3n) is 2.44. The predicted octanol–water partition coefficient (Wildman–Crippen LogP) is 0.490. The van der Waals surface area contributed by atoms with Crippen molar-refractivity contribution < 1.29 is 0 Å². The number of rotatable bonds is 6. The Hall–Kier alpha value is -1.69. The largest absolute Gasteiger partial charge is 0.348 e. The third kappa shape index (κ3) is 2.90. The van der Waals surface area contributed by atoms with Crippen LogP contribution in [0.25, 0.3) is 0 Å². The van der Waals surface area contributed by atoms with E-state index in [-0.39, 0.29) is 0 Å². The molecule has 0 aliphatic rings. The van der Waals surface area contributed by atoms with Gasteiger partial charge in [0.25, 0.3) is 0 Å². The molecule has 2 aromatic rings. The van der Waals surface area contributed by atoms with Crippen molar-refractivity contribution in [2.45, 2.75) is 26.4 Å². The van der Waals surface area contributed by atoms with Crippen molar-refractivity contribution in [3.63, 3.8) is 0 Å². The summed E-state index contributed by atoms with van der Waals surface area (Å²) in [7, 11) is 0. The average Bonchev–Trinajstić information content (AvgIpc) is 2.90. The summed E-state index contributed by atoms with van der Waals surface area (Å²) >= 11 is 0. The van der Waals surface area contributed by atoms with Gasteiger partial charge in [-0.05, 0) is 19.9 Å². The van der Waals surface area contributed by atoms with E-state index in [0.29, 0.717) is 0 Å². The van der Waals surface area contributed by atoms with Crippen molar-refractivity contribution in [1.29, 1.82) is 0 Å². The molecule has 16 heavy (non-hydrogen) atoms. The number of nitrogens with zero attached hydrogens (tertiary/aromatic N) is 4. The molecular formula is C10H16N6. The molecule has 0 aliphatic carbocycles. The Bertz CT molecular complexity index is 405. The Labute approximate surface area is 94.1 Å². The van der Waals surface area contributed by atoms with Gasteiger partial charge < -0.3 is 10.3 Å². The van der Waals surface area contributed by atoms with Gasteiger partial charge in [0.15, 0.2) is 0 Å². The van der Waals surface area contributed by atoms with E-state index >= 15 is 0 Å². The molecule has 2 N–H and O–H groups in total. The zero-order chi connectivity index (χ0) is 11.2. The number of aromatic amines is 1. The molecule has 0 amide bonds. The predicted molar refractivity (Wildman–Crippen MR) is 59.7 cm³/mol. The number of aryl methyl sites for hydroxylation is 2. The van der Waals surface area contributed by atoms with E-state index in [1.807, 2.05) is 17.8 Å². The van der Waals surface area contributed by atoms with Gasteiger partial charge in [0.1, 0.15) is 0 Å². The van der Waals surface area contributed by atoms with Gasteiger partial charge in [-0.15, -0.1) is 5.10 Å². The van der Waals surface area contributed by atoms with E-state index < -0.39 is 0 Å². The van der Waals surface area contributed by atoms with E-state index in [2.05, 4.69) is 25.6 Å². The summed E-state index contributed by atoms with van der Waals surface area (Å²) in [6, 6.07) is 0. The van der Waals surface area contributed by atoms with Crippen LogP contribution in [0.5, 0.6) is 0 Å². The van der Waals surface area contributed by atoms with Gasteiger partial charge in [-0.1, -0.05) is 5.21 Å². The number of hydrogen-bond acceptors (Lipinski definition) is 4. The van der Waals surface area contributed by atoms with E-state index in [1.54, 1.807) is 12.5 Å². The Morgan fingerprint density at radius 1 is 1.50 bits per heavy atom. The van der Waals surface area contributed by atoms with E-state index in [1.165, 1.54) is 0 Å². The van der Waals surface area contributed by atoms with Crippen LogP contribution in [0.1, 0.15) is 17.8 Å². The van der Waals surface area contributed by atoms with Crippen LogP contribution in [0.15, 0.2) is 18.7 Å². The summed E-state index contributed by atoms with van der Waals surface area (Å²) in [6.45, 7) is 4.69. The second-order valence-electron chi connectivity index (χ2n) is 3.67. The second kappa shape index (κ2) is 5.41. The van der Waals surface area contributed by atoms with E-state index in [4.69, 9.17) is 0 Å². The number of imidazole rings is 1. The molecule has 2 heterocycles. The van der Waals surface area contributed by atoms with Crippen LogP contribution < -0.4 is 5.32 Å². The lowest BCUT2D eigenvalue weighted by atomic mass is 10.3. The fourth-order valence-corrected chi connectivity index (χ4v) is 1.49. The molecule has 0 radical (unpaired) electrons. The SMILES string of the molecule is Cc1[nH]cnc1CNCCCn1ccnn1. The molecule has 0 saturated carbocycles. The minimum absolute atomic E-state index is 0.812. The van der Waals surface area contributed by atoms with Crippen molar-refractivity contribution in [3.8, 4) is 0 Å². The first-order valence-corrected chi connectivity index (χ1v) is 5.40. The minimum atomic E-state index is 0.812. The maximum absolute atomic E-state index is 4.22. The molecule has 6 nitrogen and oxygen atoms in total. The molecule has 0 atom stereocenters. The summed E-state index contributed by atoms with van der Waals surface area (Å²) in [5.41, 5.74) is 2.21. The van der Waals surface area contributed by atoms with E-state index in [9.17, 15) is 0 Å². The molecule has 0 bridgehead atoms. The van der Waals surface area contributed by atoms with Gasteiger partial charge in [-0.25, -0.2) is 4.98 Å². The molecule has 2 rings (SSSR count). The lowest BCUT2D eigenvalue weighted by Gasteiger charge is -2.03. The Morgan fingerprint density at radius 2 is 2.44 bits per heavy atom. The summed E-state index contributed by atoms with van der Waals surface area (Å²) in [6.07, 6.45) is 6.33. The minimum Gasteiger partial charge on any atom is -0.348 e. The van der Waals surface area contributed by atoms with E-state index in [0.717, 1.165) is 37.4 Å². The fraction of sp³-hybridized carbons (Fsp3) is 0.500. The first-order chi connectivity index (χ1) is 7.86. The monoisotopic (exact) mass is 220 g/mol. The number of aromatic nitrogens is 5. The second-order valence-corrected chi connectivity index (χ2v) is 3.67. The zero-order valence-electron chi connectivity index (χ0n) is 9.35. The summed E-state index contributed by atoms with van der Waals surface area (Å²) in [5, 5.41) is 11.0. The first kappa shape index (κ1) is 10.8. The van der Waals surface area contributed by atoms with Crippen LogP contribution in [0.3, 0.4) is 0 Å². The number of H-pyrrole nitrogens is 1. The number of hydrogen-bond donors (Lipinski definition) is 2. The highest BCUT2D eigenvalue weighted by Gasteiger charge is 1.99. The zero-order valence-corrected chi connectivity index (χ0v) is 9.35. The van der Waals surface area contributed by atoms with Crippen molar-refractivity contribution in [3.05, 3.63) is 30.1 Å². The average molecular weight is 220 g/mol. The molecule has 0 aromatic carbocycles. The third-order valence-corrected chi connectivity index (χ3v) is 2.44. The molecule has 0 spiro atoms. The van der Waals surface area contributed by atoms with Crippen LogP contribution in [0.4, 0.5) is 0 Å². The Morgan fingerprint density at radius 3 is 3.12 bits per heavy atom. The van der Waals surface area contributed by atoms with Crippen LogP contribution in [0.2, 0.25) is 0 Å². The maximum atomic E-state index is 4.22. The maximum Gasteiger partial charge on any atom is 0.0925 e. The molecule has 6 heteroatoms. The standard InChI is InChI=1S/C10H16N6/c1-9-10(13-8-12-9)7-11-3-2-5-16-6-4-14-15-16/h4,6,8,11H,2-3,5,7H2,1H3,(H,12,13). The van der Waals surface area contributed by atoms with Gasteiger partial charge in [0, 0.05) is 25.0 Å². The highest BCUT2D eigenvalue weighted by atomic mass is 15.4. The van der Waals surface area contributed by atoms with Gasteiger partial charge >= 0.3 is 0 Å². The highest BCUT2D eigenvalue weighted by molar-refractivity contribution is 5.07. The number of nitrogens with one attached hydrogen (secondary N) is 2. The van der Waals surface area contributed by atoms with Crippen LogP contribution in [-0.2, 0) is 13.1 Å². The smallest absolute Gasteiger partial charge is 0.0925 e. The molecule has 0 unspecified atom stereocenters. The van der Waals surface area contributed by atoms with Gasteiger partial charge in [0.05, 0.1) is 18.2 Å². The summed E-state index contributed by atoms with van der Waals surface area (Å²) in [4.78, 5) is 7.28. The quantitative estimate of drug-likeness (QED) is 0.695. The topological polar surface area (TPSA) is 71.4 Å². The Balaban J connectivity index is 1.61. The molecular weight excluding hydrogens is 204 g/mol. The van der Waals surface area contributed by atoms with Crippen molar-refractivity contribution in [1.82, 2.24) is 30.3 Å². The summed E-state index contributed by atoms with van der Waals surface area (Å²) < 4.78 is 1.83. The normalized spacial score (nSPS) is 10.8. The summed E-state index contributed by atoms with van der Waals surface area (Å²) in [5.74, 6) is 0. The van der Waals surface area contributed by atoms with Gasteiger partial charge in [-0.2, -0.15) is 0 Å². The van der Waals surface area contributed by atoms with Crippen molar-refractivity contribution >= 4 is 0 Å². The van der Waals surface area contributed by atoms with Gasteiger partial charge in [0.2, 0.25) is 0 Å². The molecule has 0 fully saturated rings. The Kier molecular flexibility index (Phi) is 3.66. The van der Waals surface area contributed by atoms with Crippen molar-refractivity contribution in [2.24, 2.45) is 0 Å². The molecule has 86 valence electrons. The first-order valence-electron chi connectivity index (χ1n) is 5.40. The molecule has 0 saturated heterocycles. The highest BCUT2D eigenvalue weighted by Crippen LogP contribution is 1.98. The van der Waals surface area contributed by atoms with Gasteiger partial charge in [-0.3, -0.25) is 4.68 Å².